The monoisotopic (exact) mass is 322 g/mol. The molecule has 2 atom stereocenters. The summed E-state index contributed by atoms with van der Waals surface area (Å²) < 4.78 is 25.3. The molecule has 0 aromatic carbocycles. The van der Waals surface area contributed by atoms with E-state index >= 15 is 0 Å². The van der Waals surface area contributed by atoms with Crippen LogP contribution in [0.3, 0.4) is 0 Å². The Morgan fingerprint density at radius 3 is 2.91 bits per heavy atom. The third-order valence-electron chi connectivity index (χ3n) is 4.67. The first kappa shape index (κ1) is 15.3. The number of hydrogen-bond acceptors (Lipinski definition) is 4. The molecule has 7 heteroatoms. The second-order valence-corrected chi connectivity index (χ2v) is 8.12. The van der Waals surface area contributed by atoms with Crippen LogP contribution in [-0.2, 0) is 10.0 Å². The first-order chi connectivity index (χ1) is 10.4. The van der Waals surface area contributed by atoms with Crippen molar-refractivity contribution in [3.8, 4) is 0 Å². The Kier molecular flexibility index (Phi) is 3.86. The topological polar surface area (TPSA) is 69.3 Å². The van der Waals surface area contributed by atoms with Crippen molar-refractivity contribution in [1.29, 1.82) is 0 Å². The van der Waals surface area contributed by atoms with E-state index < -0.39 is 10.0 Å². The van der Waals surface area contributed by atoms with Crippen molar-refractivity contribution in [1.82, 2.24) is 14.3 Å². The molecule has 1 aliphatic rings. The third-order valence-corrected chi connectivity index (χ3v) is 5.93. The van der Waals surface area contributed by atoms with Crippen molar-refractivity contribution in [2.45, 2.75) is 19.4 Å². The van der Waals surface area contributed by atoms with E-state index in [1.54, 1.807) is 10.5 Å². The molecule has 120 valence electrons. The lowest BCUT2D eigenvalue weighted by atomic mass is 9.93. The van der Waals surface area contributed by atoms with Gasteiger partial charge in [0.05, 0.1) is 6.26 Å². The summed E-state index contributed by atoms with van der Waals surface area (Å²) in [6.07, 6.45) is 5.83. The standard InChI is InChI=1S/C15H22N4O2S/c1-11-6-9-19(22(3,20)21)10-14(11)18(2)13-5-8-17-15-12(13)4-7-16-15/h4-5,7-8,11,14H,6,9-10H2,1-3H3,(H,16,17)/t11-,14?/m1/s1. The van der Waals surface area contributed by atoms with E-state index in [-0.39, 0.29) is 6.04 Å². The number of sulfonamides is 1. The van der Waals surface area contributed by atoms with E-state index in [0.29, 0.717) is 19.0 Å². The summed E-state index contributed by atoms with van der Waals surface area (Å²) in [5.41, 5.74) is 1.94. The van der Waals surface area contributed by atoms with Crippen molar-refractivity contribution >= 4 is 26.7 Å². The van der Waals surface area contributed by atoms with Gasteiger partial charge in [0.1, 0.15) is 5.65 Å². The molecule has 0 aliphatic carbocycles. The molecule has 0 spiro atoms. The third kappa shape index (κ3) is 2.70. The van der Waals surface area contributed by atoms with E-state index in [1.165, 1.54) is 6.26 Å². The highest BCUT2D eigenvalue weighted by atomic mass is 32.2. The minimum Gasteiger partial charge on any atom is -0.369 e. The summed E-state index contributed by atoms with van der Waals surface area (Å²) in [7, 11) is -1.11. The first-order valence-corrected chi connectivity index (χ1v) is 9.33. The molecule has 22 heavy (non-hydrogen) atoms. The maximum atomic E-state index is 11.9. The van der Waals surface area contributed by atoms with Gasteiger partial charge in [-0.15, -0.1) is 0 Å². The number of nitrogens with one attached hydrogen (secondary N) is 1. The van der Waals surface area contributed by atoms with Gasteiger partial charge in [-0.1, -0.05) is 6.92 Å². The maximum absolute atomic E-state index is 11.9. The summed E-state index contributed by atoms with van der Waals surface area (Å²) in [6.45, 7) is 3.33. The summed E-state index contributed by atoms with van der Waals surface area (Å²) in [5, 5.41) is 1.06. The SMILES string of the molecule is C[C@@H]1CCN(S(C)(=O)=O)CC1N(C)c1ccnc2[nH]ccc12. The normalized spacial score (nSPS) is 23.8. The molecule has 3 heterocycles. The molecule has 0 radical (unpaired) electrons. The first-order valence-electron chi connectivity index (χ1n) is 7.48. The molecule has 2 aromatic heterocycles. The Morgan fingerprint density at radius 2 is 2.18 bits per heavy atom. The zero-order valence-electron chi connectivity index (χ0n) is 13.2. The van der Waals surface area contributed by atoms with Gasteiger partial charge in [0.2, 0.25) is 10.0 Å². The molecular formula is C15H22N4O2S. The Bertz CT molecular complexity index is 771. The van der Waals surface area contributed by atoms with Gasteiger partial charge in [0.15, 0.2) is 0 Å². The molecule has 0 bridgehead atoms. The molecule has 1 aliphatic heterocycles. The molecule has 2 aromatic rings. The van der Waals surface area contributed by atoms with Gasteiger partial charge in [-0.05, 0) is 24.5 Å². The van der Waals surface area contributed by atoms with Crippen molar-refractivity contribution < 1.29 is 8.42 Å². The van der Waals surface area contributed by atoms with Crippen LogP contribution >= 0.6 is 0 Å². The van der Waals surface area contributed by atoms with Crippen LogP contribution in [0.1, 0.15) is 13.3 Å². The average Bonchev–Trinajstić information content (AvgIpc) is 2.94. The number of hydrogen-bond donors (Lipinski definition) is 1. The van der Waals surface area contributed by atoms with E-state index in [2.05, 4.69) is 21.8 Å². The van der Waals surface area contributed by atoms with Gasteiger partial charge in [0.25, 0.3) is 0 Å². The summed E-state index contributed by atoms with van der Waals surface area (Å²) in [5.74, 6) is 0.435. The zero-order valence-corrected chi connectivity index (χ0v) is 14.0. The van der Waals surface area contributed by atoms with Crippen molar-refractivity contribution in [2.75, 3.05) is 31.3 Å². The van der Waals surface area contributed by atoms with E-state index in [9.17, 15) is 8.42 Å². The number of aromatic amines is 1. The van der Waals surface area contributed by atoms with Crippen LogP contribution in [0.15, 0.2) is 24.5 Å². The second-order valence-electron chi connectivity index (χ2n) is 6.14. The van der Waals surface area contributed by atoms with Crippen molar-refractivity contribution in [3.63, 3.8) is 0 Å². The molecule has 0 amide bonds. The Morgan fingerprint density at radius 1 is 1.41 bits per heavy atom. The number of aromatic nitrogens is 2. The highest BCUT2D eigenvalue weighted by molar-refractivity contribution is 7.88. The minimum absolute atomic E-state index is 0.156. The van der Waals surface area contributed by atoms with Crippen LogP contribution < -0.4 is 4.90 Å². The fourth-order valence-corrected chi connectivity index (χ4v) is 4.12. The predicted octanol–water partition coefficient (Wildman–Crippen LogP) is 1.67. The molecule has 1 saturated heterocycles. The summed E-state index contributed by atoms with van der Waals surface area (Å²) in [4.78, 5) is 9.63. The number of anilines is 1. The van der Waals surface area contributed by atoms with Gasteiger partial charge >= 0.3 is 0 Å². The predicted molar refractivity (Wildman–Crippen MR) is 88.5 cm³/mol. The van der Waals surface area contributed by atoms with Gasteiger partial charge in [-0.2, -0.15) is 0 Å². The smallest absolute Gasteiger partial charge is 0.211 e. The minimum atomic E-state index is -3.14. The Balaban J connectivity index is 1.93. The largest absolute Gasteiger partial charge is 0.369 e. The average molecular weight is 322 g/mol. The van der Waals surface area contributed by atoms with Crippen LogP contribution in [0.2, 0.25) is 0 Å². The summed E-state index contributed by atoms with van der Waals surface area (Å²) >= 11 is 0. The Hall–Kier alpha value is -1.60. The number of rotatable bonds is 3. The van der Waals surface area contributed by atoms with Crippen LogP contribution in [0.25, 0.3) is 11.0 Å². The number of likely N-dealkylation sites (N-methyl/N-ethyl adjacent to an activating group) is 1. The number of H-pyrrole nitrogens is 1. The van der Waals surface area contributed by atoms with Crippen LogP contribution in [0, 0.1) is 5.92 Å². The lowest BCUT2D eigenvalue weighted by molar-refractivity contribution is 0.249. The van der Waals surface area contributed by atoms with Gasteiger partial charge < -0.3 is 9.88 Å². The lowest BCUT2D eigenvalue weighted by Gasteiger charge is -2.41. The second kappa shape index (κ2) is 5.55. The van der Waals surface area contributed by atoms with Crippen LogP contribution in [0.5, 0.6) is 0 Å². The summed E-state index contributed by atoms with van der Waals surface area (Å²) in [6, 6.07) is 4.15. The van der Waals surface area contributed by atoms with Crippen molar-refractivity contribution in [2.24, 2.45) is 5.92 Å². The van der Waals surface area contributed by atoms with Gasteiger partial charge in [-0.25, -0.2) is 17.7 Å². The number of nitrogens with zero attached hydrogens (tertiary/aromatic N) is 3. The fraction of sp³-hybridized carbons (Fsp3) is 0.533. The Labute approximate surface area is 131 Å². The zero-order chi connectivity index (χ0) is 15.9. The fourth-order valence-electron chi connectivity index (χ4n) is 3.26. The van der Waals surface area contributed by atoms with Crippen LogP contribution in [-0.4, -0.2) is 55.1 Å². The maximum Gasteiger partial charge on any atom is 0.211 e. The quantitative estimate of drug-likeness (QED) is 0.933. The number of fused-ring (bicyclic) bond motifs is 1. The van der Waals surface area contributed by atoms with E-state index in [4.69, 9.17) is 0 Å². The van der Waals surface area contributed by atoms with Crippen LogP contribution in [0.4, 0.5) is 5.69 Å². The molecule has 0 saturated carbocycles. The van der Waals surface area contributed by atoms with Gasteiger partial charge in [0, 0.05) is 49.6 Å². The van der Waals surface area contributed by atoms with Crippen molar-refractivity contribution in [3.05, 3.63) is 24.5 Å². The molecule has 1 N–H and O–H groups in total. The number of pyridine rings is 1. The van der Waals surface area contributed by atoms with E-state index in [0.717, 1.165) is 23.1 Å². The molecule has 1 unspecified atom stereocenters. The highest BCUT2D eigenvalue weighted by Gasteiger charge is 2.33. The highest BCUT2D eigenvalue weighted by Crippen LogP contribution is 2.30. The molecule has 3 rings (SSSR count). The number of piperidine rings is 1. The van der Waals surface area contributed by atoms with Gasteiger partial charge in [-0.3, -0.25) is 0 Å². The molecule has 6 nitrogen and oxygen atoms in total. The molecular weight excluding hydrogens is 300 g/mol. The van der Waals surface area contributed by atoms with E-state index in [1.807, 2.05) is 25.4 Å². The lowest BCUT2D eigenvalue weighted by Crippen LogP contribution is -2.52. The molecule has 1 fully saturated rings.